The maximum absolute atomic E-state index is 10.6. The van der Waals surface area contributed by atoms with Gasteiger partial charge in [0.15, 0.2) is 0 Å². The molecular weight excluding hydrogens is 218 g/mol. The molecule has 0 saturated carbocycles. The smallest absolute Gasteiger partial charge is 0.303 e. The predicted octanol–water partition coefficient (Wildman–Crippen LogP) is 1.60. The topological polar surface area (TPSA) is 49.8 Å². The molecule has 98 valence electrons. The van der Waals surface area contributed by atoms with E-state index in [1.807, 2.05) is 0 Å². The zero-order valence-electron chi connectivity index (χ0n) is 10.4. The van der Waals surface area contributed by atoms with Crippen molar-refractivity contribution < 1.29 is 14.6 Å². The lowest BCUT2D eigenvalue weighted by Crippen LogP contribution is -2.38. The molecule has 2 fully saturated rings. The number of nitrogens with zero attached hydrogens (tertiary/aromatic N) is 1. The summed E-state index contributed by atoms with van der Waals surface area (Å²) in [6, 6.07) is 0. The highest BCUT2D eigenvalue weighted by Gasteiger charge is 2.24. The molecule has 0 radical (unpaired) electrons. The Morgan fingerprint density at radius 1 is 1.35 bits per heavy atom. The normalized spacial score (nSPS) is 30.6. The minimum atomic E-state index is -0.661. The Morgan fingerprint density at radius 3 is 2.94 bits per heavy atom. The number of hydrogen-bond donors (Lipinski definition) is 1. The molecule has 2 saturated heterocycles. The molecule has 2 atom stereocenters. The van der Waals surface area contributed by atoms with Crippen molar-refractivity contribution >= 4 is 5.97 Å². The van der Waals surface area contributed by atoms with Crippen LogP contribution in [0.1, 0.15) is 32.1 Å². The lowest BCUT2D eigenvalue weighted by molar-refractivity contribution is -0.137. The van der Waals surface area contributed by atoms with Crippen LogP contribution < -0.4 is 0 Å². The monoisotopic (exact) mass is 241 g/mol. The van der Waals surface area contributed by atoms with Crippen LogP contribution in [0.3, 0.4) is 0 Å². The average Bonchev–Trinajstić information content (AvgIpc) is 2.80. The van der Waals surface area contributed by atoms with E-state index in [-0.39, 0.29) is 0 Å². The van der Waals surface area contributed by atoms with Gasteiger partial charge in [0.2, 0.25) is 0 Å². The average molecular weight is 241 g/mol. The minimum Gasteiger partial charge on any atom is -0.481 e. The molecule has 17 heavy (non-hydrogen) atoms. The predicted molar refractivity (Wildman–Crippen MR) is 65.0 cm³/mol. The number of hydrogen-bond acceptors (Lipinski definition) is 3. The van der Waals surface area contributed by atoms with Gasteiger partial charge in [0.1, 0.15) is 0 Å². The quantitative estimate of drug-likeness (QED) is 0.794. The van der Waals surface area contributed by atoms with Gasteiger partial charge in [0.25, 0.3) is 0 Å². The van der Waals surface area contributed by atoms with Crippen LogP contribution >= 0.6 is 0 Å². The van der Waals surface area contributed by atoms with Gasteiger partial charge in [-0.15, -0.1) is 0 Å². The van der Waals surface area contributed by atoms with Crippen LogP contribution in [0, 0.1) is 11.8 Å². The zero-order chi connectivity index (χ0) is 12.1. The van der Waals surface area contributed by atoms with Crippen LogP contribution in [-0.2, 0) is 9.53 Å². The third-order valence-electron chi connectivity index (χ3n) is 3.91. The maximum atomic E-state index is 10.6. The van der Waals surface area contributed by atoms with Crippen LogP contribution in [0.5, 0.6) is 0 Å². The van der Waals surface area contributed by atoms with Crippen LogP contribution in [0.15, 0.2) is 0 Å². The molecule has 0 aliphatic carbocycles. The molecule has 2 aliphatic rings. The molecule has 2 heterocycles. The van der Waals surface area contributed by atoms with Crippen molar-refractivity contribution in [2.75, 3.05) is 32.8 Å². The molecule has 0 aromatic carbocycles. The van der Waals surface area contributed by atoms with Gasteiger partial charge in [-0.1, -0.05) is 0 Å². The van der Waals surface area contributed by atoms with Gasteiger partial charge >= 0.3 is 5.97 Å². The molecule has 0 aromatic rings. The fourth-order valence-corrected chi connectivity index (χ4v) is 2.97. The molecule has 4 nitrogen and oxygen atoms in total. The first-order valence-corrected chi connectivity index (χ1v) is 6.76. The van der Waals surface area contributed by atoms with Gasteiger partial charge in [0.05, 0.1) is 6.61 Å². The molecule has 0 spiro atoms. The number of rotatable bonds is 5. The summed E-state index contributed by atoms with van der Waals surface area (Å²) < 4.78 is 5.40. The lowest BCUT2D eigenvalue weighted by Gasteiger charge is -2.33. The highest BCUT2D eigenvalue weighted by atomic mass is 16.5. The summed E-state index contributed by atoms with van der Waals surface area (Å²) >= 11 is 0. The third kappa shape index (κ3) is 4.28. The van der Waals surface area contributed by atoms with E-state index in [2.05, 4.69) is 4.90 Å². The summed E-state index contributed by atoms with van der Waals surface area (Å²) in [6.45, 7) is 5.24. The van der Waals surface area contributed by atoms with E-state index in [1.54, 1.807) is 0 Å². The Balaban J connectivity index is 1.70. The molecule has 0 amide bonds. The van der Waals surface area contributed by atoms with E-state index in [9.17, 15) is 4.79 Å². The number of carbonyl (C=O) groups is 1. The van der Waals surface area contributed by atoms with Crippen LogP contribution in [0.2, 0.25) is 0 Å². The highest BCUT2D eigenvalue weighted by Crippen LogP contribution is 2.23. The Labute approximate surface area is 103 Å². The van der Waals surface area contributed by atoms with Crippen molar-refractivity contribution in [3.05, 3.63) is 0 Å². The molecule has 2 rings (SSSR count). The van der Waals surface area contributed by atoms with Crippen molar-refractivity contribution in [3.63, 3.8) is 0 Å². The number of piperidine rings is 1. The van der Waals surface area contributed by atoms with E-state index in [1.165, 1.54) is 25.8 Å². The molecular formula is C13H23NO3. The number of likely N-dealkylation sites (tertiary alicyclic amines) is 1. The van der Waals surface area contributed by atoms with E-state index >= 15 is 0 Å². The summed E-state index contributed by atoms with van der Waals surface area (Å²) in [7, 11) is 0. The van der Waals surface area contributed by atoms with E-state index in [0.29, 0.717) is 18.3 Å². The third-order valence-corrected chi connectivity index (χ3v) is 3.91. The lowest BCUT2D eigenvalue weighted by atomic mass is 9.92. The SMILES string of the molecule is O=C(O)CCC1CCCN(CC2CCOC2)C1. The minimum absolute atomic E-state index is 0.324. The van der Waals surface area contributed by atoms with Crippen molar-refractivity contribution in [1.29, 1.82) is 0 Å². The van der Waals surface area contributed by atoms with Crippen LogP contribution in [0.25, 0.3) is 0 Å². The van der Waals surface area contributed by atoms with Gasteiger partial charge in [-0.05, 0) is 44.1 Å². The van der Waals surface area contributed by atoms with E-state index < -0.39 is 5.97 Å². The van der Waals surface area contributed by atoms with Crippen LogP contribution in [-0.4, -0.2) is 48.8 Å². The standard InChI is InChI=1S/C13H23NO3/c15-13(16)4-3-11-2-1-6-14(8-11)9-12-5-7-17-10-12/h11-12H,1-10H2,(H,15,16). The number of aliphatic carboxylic acids is 1. The fraction of sp³-hybridized carbons (Fsp3) is 0.923. The second-order valence-electron chi connectivity index (χ2n) is 5.43. The Morgan fingerprint density at radius 2 is 2.24 bits per heavy atom. The van der Waals surface area contributed by atoms with Crippen molar-refractivity contribution in [1.82, 2.24) is 4.90 Å². The largest absolute Gasteiger partial charge is 0.481 e. The summed E-state index contributed by atoms with van der Waals surface area (Å²) in [5, 5.41) is 8.71. The van der Waals surface area contributed by atoms with Gasteiger partial charge in [-0.25, -0.2) is 0 Å². The number of carboxylic acids is 1. The molecule has 2 aliphatic heterocycles. The summed E-state index contributed by atoms with van der Waals surface area (Å²) in [5.74, 6) is 0.627. The molecule has 0 aromatic heterocycles. The summed E-state index contributed by atoms with van der Waals surface area (Å²) in [6.07, 6.45) is 4.77. The molecule has 2 unspecified atom stereocenters. The zero-order valence-corrected chi connectivity index (χ0v) is 10.4. The fourth-order valence-electron chi connectivity index (χ4n) is 2.97. The summed E-state index contributed by atoms with van der Waals surface area (Å²) in [4.78, 5) is 13.1. The van der Waals surface area contributed by atoms with Crippen LogP contribution in [0.4, 0.5) is 0 Å². The second-order valence-corrected chi connectivity index (χ2v) is 5.43. The van der Waals surface area contributed by atoms with Crippen molar-refractivity contribution in [3.8, 4) is 0 Å². The molecule has 1 N–H and O–H groups in total. The van der Waals surface area contributed by atoms with E-state index in [0.717, 1.165) is 32.7 Å². The second kappa shape index (κ2) is 6.36. The van der Waals surface area contributed by atoms with Gasteiger partial charge in [0, 0.05) is 26.1 Å². The Hall–Kier alpha value is -0.610. The summed E-state index contributed by atoms with van der Waals surface area (Å²) in [5.41, 5.74) is 0. The van der Waals surface area contributed by atoms with Gasteiger partial charge in [-0.2, -0.15) is 0 Å². The molecule has 4 heteroatoms. The highest BCUT2D eigenvalue weighted by molar-refractivity contribution is 5.66. The Kier molecular flexibility index (Phi) is 4.80. The molecule has 0 bridgehead atoms. The van der Waals surface area contributed by atoms with E-state index in [4.69, 9.17) is 9.84 Å². The maximum Gasteiger partial charge on any atom is 0.303 e. The van der Waals surface area contributed by atoms with Gasteiger partial charge < -0.3 is 14.7 Å². The number of carboxylic acid groups (broad SMARTS) is 1. The van der Waals surface area contributed by atoms with Crippen molar-refractivity contribution in [2.45, 2.75) is 32.1 Å². The van der Waals surface area contributed by atoms with Gasteiger partial charge in [-0.3, -0.25) is 4.79 Å². The Bertz CT molecular complexity index is 251. The first-order chi connectivity index (χ1) is 8.24. The first kappa shape index (κ1) is 12.8. The first-order valence-electron chi connectivity index (χ1n) is 6.76. The number of ether oxygens (including phenoxy) is 1. The van der Waals surface area contributed by atoms with Crippen molar-refractivity contribution in [2.24, 2.45) is 11.8 Å².